The van der Waals surface area contributed by atoms with Crippen LogP contribution in [0, 0.1) is 5.95 Å². The number of nitrogens with zero attached hydrogens (tertiary/aromatic N) is 2. The highest BCUT2D eigenvalue weighted by Gasteiger charge is 1.93. The minimum absolute atomic E-state index is 0.452. The third-order valence-electron chi connectivity index (χ3n) is 1.24. The van der Waals surface area contributed by atoms with Gasteiger partial charge in [-0.2, -0.15) is 9.37 Å². The van der Waals surface area contributed by atoms with Crippen LogP contribution in [-0.2, 0) is 0 Å². The topological polar surface area (TPSA) is 37.8 Å². The molecule has 0 saturated heterocycles. The van der Waals surface area contributed by atoms with Gasteiger partial charge in [0.15, 0.2) is 0 Å². The molecule has 0 aliphatic heterocycles. The van der Waals surface area contributed by atoms with Crippen molar-refractivity contribution < 1.29 is 4.39 Å². The second-order valence-electron chi connectivity index (χ2n) is 2.18. The molecule has 0 fully saturated rings. The zero-order valence-electron chi connectivity index (χ0n) is 6.79. The van der Waals surface area contributed by atoms with Crippen molar-refractivity contribution in [3.63, 3.8) is 0 Å². The van der Waals surface area contributed by atoms with Crippen molar-refractivity contribution in [3.8, 4) is 0 Å². The van der Waals surface area contributed by atoms with Gasteiger partial charge in [0.2, 0.25) is 5.95 Å². The molecule has 1 N–H and O–H groups in total. The van der Waals surface area contributed by atoms with E-state index in [-0.39, 0.29) is 0 Å². The minimum Gasteiger partial charge on any atom is -0.365 e. The van der Waals surface area contributed by atoms with Gasteiger partial charge in [-0.1, -0.05) is 12.2 Å². The molecule has 64 valence electrons. The number of aromatic nitrogens is 2. The normalized spacial score (nSPS) is 10.5. The summed E-state index contributed by atoms with van der Waals surface area (Å²) in [6.45, 7) is 2.55. The first-order chi connectivity index (χ1) is 5.83. The number of allylic oxidation sites excluding steroid dienone is 1. The second-order valence-corrected chi connectivity index (χ2v) is 2.18. The Hall–Kier alpha value is -1.45. The highest BCUT2D eigenvalue weighted by Crippen LogP contribution is 1.99. The van der Waals surface area contributed by atoms with E-state index in [1.54, 1.807) is 0 Å². The Labute approximate surface area is 70.4 Å². The fourth-order valence-corrected chi connectivity index (χ4v) is 0.709. The first-order valence-electron chi connectivity index (χ1n) is 3.65. The number of hydrogen-bond donors (Lipinski definition) is 1. The van der Waals surface area contributed by atoms with Gasteiger partial charge in [-0.15, -0.1) is 0 Å². The van der Waals surface area contributed by atoms with E-state index in [0.717, 1.165) is 6.20 Å². The Morgan fingerprint density at radius 2 is 2.42 bits per heavy atom. The molecule has 0 radical (unpaired) electrons. The summed E-state index contributed by atoms with van der Waals surface area (Å²) >= 11 is 0. The standard InChI is InChI=1S/C8H10FN3/c1-2-3-4-11-8-6-10-5-7(9)12-8/h2-3,5-6H,4H2,1H3,(H,11,12)/b3-2+. The van der Waals surface area contributed by atoms with Gasteiger partial charge in [-0.05, 0) is 6.92 Å². The maximum Gasteiger partial charge on any atom is 0.233 e. The maximum atomic E-state index is 12.4. The largest absolute Gasteiger partial charge is 0.365 e. The number of hydrogen-bond acceptors (Lipinski definition) is 3. The predicted octanol–water partition coefficient (Wildman–Crippen LogP) is 1.60. The van der Waals surface area contributed by atoms with Crippen LogP contribution in [0.25, 0.3) is 0 Å². The van der Waals surface area contributed by atoms with E-state index in [2.05, 4.69) is 15.3 Å². The molecule has 3 nitrogen and oxygen atoms in total. The van der Waals surface area contributed by atoms with Gasteiger partial charge in [0.25, 0.3) is 0 Å². The molecular formula is C8H10FN3. The molecule has 0 aromatic carbocycles. The Kier molecular flexibility index (Phi) is 3.19. The summed E-state index contributed by atoms with van der Waals surface area (Å²) in [5.41, 5.74) is 0. The van der Waals surface area contributed by atoms with Crippen LogP contribution < -0.4 is 5.32 Å². The summed E-state index contributed by atoms with van der Waals surface area (Å²) in [5.74, 6) is -0.117. The van der Waals surface area contributed by atoms with Crippen LogP contribution in [0.4, 0.5) is 10.2 Å². The van der Waals surface area contributed by atoms with Gasteiger partial charge in [-0.25, -0.2) is 0 Å². The Bertz CT molecular complexity index is 273. The van der Waals surface area contributed by atoms with Crippen LogP contribution in [-0.4, -0.2) is 16.5 Å². The molecule has 0 bridgehead atoms. The van der Waals surface area contributed by atoms with Crippen molar-refractivity contribution >= 4 is 5.82 Å². The monoisotopic (exact) mass is 167 g/mol. The smallest absolute Gasteiger partial charge is 0.233 e. The van der Waals surface area contributed by atoms with Gasteiger partial charge >= 0.3 is 0 Å². The van der Waals surface area contributed by atoms with Crippen LogP contribution in [0.5, 0.6) is 0 Å². The molecule has 0 unspecified atom stereocenters. The molecule has 0 aliphatic carbocycles. The second kappa shape index (κ2) is 4.43. The Balaban J connectivity index is 2.52. The van der Waals surface area contributed by atoms with E-state index in [0.29, 0.717) is 12.4 Å². The van der Waals surface area contributed by atoms with Gasteiger partial charge in [0, 0.05) is 6.54 Å². The van der Waals surface area contributed by atoms with Gasteiger partial charge in [0.05, 0.1) is 12.4 Å². The summed E-state index contributed by atoms with van der Waals surface area (Å²) < 4.78 is 12.4. The van der Waals surface area contributed by atoms with Crippen LogP contribution in [0.2, 0.25) is 0 Å². The summed E-state index contributed by atoms with van der Waals surface area (Å²) in [7, 11) is 0. The molecule has 1 rings (SSSR count). The minimum atomic E-state index is -0.569. The molecule has 12 heavy (non-hydrogen) atoms. The van der Waals surface area contributed by atoms with E-state index >= 15 is 0 Å². The lowest BCUT2D eigenvalue weighted by Crippen LogP contribution is -2.01. The molecule has 0 spiro atoms. The molecule has 1 aromatic heterocycles. The van der Waals surface area contributed by atoms with E-state index in [4.69, 9.17) is 0 Å². The fraction of sp³-hybridized carbons (Fsp3) is 0.250. The van der Waals surface area contributed by atoms with Gasteiger partial charge < -0.3 is 5.32 Å². The molecule has 1 aromatic rings. The number of rotatable bonds is 3. The van der Waals surface area contributed by atoms with Crippen LogP contribution in [0.3, 0.4) is 0 Å². The van der Waals surface area contributed by atoms with Crippen molar-refractivity contribution in [1.29, 1.82) is 0 Å². The average molecular weight is 167 g/mol. The summed E-state index contributed by atoms with van der Waals surface area (Å²) in [5, 5.41) is 2.89. The zero-order chi connectivity index (χ0) is 8.81. The number of nitrogens with one attached hydrogen (secondary N) is 1. The van der Waals surface area contributed by atoms with Gasteiger partial charge in [-0.3, -0.25) is 4.98 Å². The third-order valence-corrected chi connectivity index (χ3v) is 1.24. The summed E-state index contributed by atoms with van der Waals surface area (Å²) in [6, 6.07) is 0. The van der Waals surface area contributed by atoms with E-state index < -0.39 is 5.95 Å². The maximum absolute atomic E-state index is 12.4. The van der Waals surface area contributed by atoms with Crippen molar-refractivity contribution in [1.82, 2.24) is 9.97 Å². The quantitative estimate of drug-likeness (QED) is 0.695. The predicted molar refractivity (Wildman–Crippen MR) is 45.3 cm³/mol. The molecule has 0 aliphatic rings. The lowest BCUT2D eigenvalue weighted by Gasteiger charge is -1.99. The first kappa shape index (κ1) is 8.64. The van der Waals surface area contributed by atoms with Crippen LogP contribution in [0.1, 0.15) is 6.92 Å². The molecular weight excluding hydrogens is 157 g/mol. The average Bonchev–Trinajstić information content (AvgIpc) is 2.05. The van der Waals surface area contributed by atoms with Crippen LogP contribution in [0.15, 0.2) is 24.5 Å². The van der Waals surface area contributed by atoms with Crippen molar-refractivity contribution in [2.75, 3.05) is 11.9 Å². The molecule has 1 heterocycles. The van der Waals surface area contributed by atoms with Crippen molar-refractivity contribution in [2.24, 2.45) is 0 Å². The zero-order valence-corrected chi connectivity index (χ0v) is 6.79. The lowest BCUT2D eigenvalue weighted by atomic mass is 10.5. The molecule has 0 atom stereocenters. The Morgan fingerprint density at radius 1 is 1.58 bits per heavy atom. The fourth-order valence-electron chi connectivity index (χ4n) is 0.709. The molecule has 0 saturated carbocycles. The van der Waals surface area contributed by atoms with Gasteiger partial charge in [0.1, 0.15) is 5.82 Å². The lowest BCUT2D eigenvalue weighted by molar-refractivity contribution is 0.578. The van der Waals surface area contributed by atoms with E-state index in [1.807, 2.05) is 19.1 Å². The van der Waals surface area contributed by atoms with Crippen molar-refractivity contribution in [2.45, 2.75) is 6.92 Å². The molecule has 4 heteroatoms. The van der Waals surface area contributed by atoms with Crippen LogP contribution >= 0.6 is 0 Å². The third kappa shape index (κ3) is 2.65. The summed E-state index contributed by atoms with van der Waals surface area (Å²) in [4.78, 5) is 7.21. The van der Waals surface area contributed by atoms with Crippen molar-refractivity contribution in [3.05, 3.63) is 30.5 Å². The van der Waals surface area contributed by atoms with E-state index in [9.17, 15) is 4.39 Å². The summed E-state index contributed by atoms with van der Waals surface area (Å²) in [6.07, 6.45) is 6.36. The van der Waals surface area contributed by atoms with E-state index in [1.165, 1.54) is 6.20 Å². The number of anilines is 1. The molecule has 0 amide bonds. The highest BCUT2D eigenvalue weighted by molar-refractivity contribution is 5.30. The SMILES string of the molecule is C/C=C/CNc1cncc(F)n1. The Morgan fingerprint density at radius 3 is 3.08 bits per heavy atom. The number of halogens is 1. The first-order valence-corrected chi connectivity index (χ1v) is 3.65. The highest BCUT2D eigenvalue weighted by atomic mass is 19.1.